The van der Waals surface area contributed by atoms with Gasteiger partial charge in [0, 0.05) is 11.0 Å². The van der Waals surface area contributed by atoms with Gasteiger partial charge < -0.3 is 16.8 Å². The van der Waals surface area contributed by atoms with Crippen molar-refractivity contribution in [1.29, 1.82) is 0 Å². The zero-order valence-electron chi connectivity index (χ0n) is 14.7. The number of rotatable bonds is 6. The summed E-state index contributed by atoms with van der Waals surface area (Å²) in [5, 5.41) is 3.74. The van der Waals surface area contributed by atoms with Gasteiger partial charge >= 0.3 is 0 Å². The van der Waals surface area contributed by atoms with Crippen molar-refractivity contribution in [2.24, 2.45) is 17.6 Å². The SMILES string of the molecule is NCC1CCC(Cc2nc(NCc3ccccc3Br)nc(N)c2Cl)CC1. The number of hydrogen-bond donors (Lipinski definition) is 3. The second-order valence-corrected chi connectivity index (χ2v) is 8.20. The number of aromatic nitrogens is 2. The Hall–Kier alpha value is -1.37. The molecule has 1 saturated carbocycles. The second-order valence-electron chi connectivity index (χ2n) is 6.96. The lowest BCUT2D eigenvalue weighted by Gasteiger charge is -2.27. The lowest BCUT2D eigenvalue weighted by atomic mass is 9.80. The van der Waals surface area contributed by atoms with Gasteiger partial charge in [-0.15, -0.1) is 0 Å². The largest absolute Gasteiger partial charge is 0.382 e. The molecule has 5 nitrogen and oxygen atoms in total. The van der Waals surface area contributed by atoms with Crippen LogP contribution in [0, 0.1) is 11.8 Å². The van der Waals surface area contributed by atoms with E-state index in [0.29, 0.717) is 35.2 Å². The first-order chi connectivity index (χ1) is 12.6. The normalized spacial score (nSPS) is 20.1. The smallest absolute Gasteiger partial charge is 0.225 e. The van der Waals surface area contributed by atoms with E-state index in [-0.39, 0.29) is 0 Å². The molecule has 7 heteroatoms. The molecule has 140 valence electrons. The lowest BCUT2D eigenvalue weighted by molar-refractivity contribution is 0.277. The molecule has 2 aromatic rings. The number of anilines is 2. The fraction of sp³-hybridized carbons (Fsp3) is 0.474. The first kappa shape index (κ1) is 19.4. The van der Waals surface area contributed by atoms with Crippen molar-refractivity contribution in [3.05, 3.63) is 45.0 Å². The Morgan fingerprint density at radius 1 is 1.12 bits per heavy atom. The van der Waals surface area contributed by atoms with E-state index in [0.717, 1.165) is 28.7 Å². The van der Waals surface area contributed by atoms with Crippen molar-refractivity contribution in [3.63, 3.8) is 0 Å². The Labute approximate surface area is 168 Å². The number of nitrogens with one attached hydrogen (secondary N) is 1. The number of nitrogens with two attached hydrogens (primary N) is 2. The van der Waals surface area contributed by atoms with E-state index >= 15 is 0 Å². The van der Waals surface area contributed by atoms with E-state index in [2.05, 4.69) is 31.2 Å². The van der Waals surface area contributed by atoms with Gasteiger partial charge in [0.2, 0.25) is 5.95 Å². The standard InChI is InChI=1S/C19H25BrClN5/c20-15-4-2-1-3-14(15)11-24-19-25-16(17(21)18(23)26-19)9-12-5-7-13(10-22)8-6-12/h1-4,12-13H,5-11,22H2,(H3,23,24,25,26). The molecule has 1 aliphatic carbocycles. The number of hydrogen-bond acceptors (Lipinski definition) is 5. The van der Waals surface area contributed by atoms with E-state index in [1.165, 1.54) is 25.7 Å². The van der Waals surface area contributed by atoms with Crippen LogP contribution in [0.25, 0.3) is 0 Å². The summed E-state index contributed by atoms with van der Waals surface area (Å²) in [4.78, 5) is 8.93. The van der Waals surface area contributed by atoms with Gasteiger partial charge in [-0.25, -0.2) is 4.98 Å². The van der Waals surface area contributed by atoms with Gasteiger partial charge in [-0.3, -0.25) is 0 Å². The van der Waals surface area contributed by atoms with Crippen LogP contribution >= 0.6 is 27.5 Å². The Bertz CT molecular complexity index is 747. The van der Waals surface area contributed by atoms with Crippen LogP contribution < -0.4 is 16.8 Å². The average molecular weight is 439 g/mol. The molecule has 1 fully saturated rings. The first-order valence-corrected chi connectivity index (χ1v) is 10.2. The number of benzene rings is 1. The molecule has 0 unspecified atom stereocenters. The van der Waals surface area contributed by atoms with Gasteiger partial charge in [-0.1, -0.05) is 45.7 Å². The summed E-state index contributed by atoms with van der Waals surface area (Å²) in [6.45, 7) is 1.40. The highest BCUT2D eigenvalue weighted by molar-refractivity contribution is 9.10. The van der Waals surface area contributed by atoms with Crippen LogP contribution in [0.3, 0.4) is 0 Å². The molecule has 0 radical (unpaired) electrons. The summed E-state index contributed by atoms with van der Waals surface area (Å²) in [6.07, 6.45) is 5.55. The maximum absolute atomic E-state index is 6.38. The Morgan fingerprint density at radius 2 is 1.81 bits per heavy atom. The quantitative estimate of drug-likeness (QED) is 0.622. The van der Waals surface area contributed by atoms with Crippen LogP contribution in [0.15, 0.2) is 28.7 Å². The van der Waals surface area contributed by atoms with Gasteiger partial charge in [0.25, 0.3) is 0 Å². The molecule has 1 heterocycles. The molecule has 3 rings (SSSR count). The van der Waals surface area contributed by atoms with Gasteiger partial charge in [0.05, 0.1) is 5.69 Å². The second kappa shape index (κ2) is 9.02. The summed E-state index contributed by atoms with van der Waals surface area (Å²) in [7, 11) is 0. The number of nitrogens with zero attached hydrogens (tertiary/aromatic N) is 2. The highest BCUT2D eigenvalue weighted by atomic mass is 79.9. The summed E-state index contributed by atoms with van der Waals surface area (Å²) in [5.74, 6) is 2.11. The fourth-order valence-electron chi connectivity index (χ4n) is 3.49. The van der Waals surface area contributed by atoms with Crippen molar-refractivity contribution in [2.45, 2.75) is 38.6 Å². The van der Waals surface area contributed by atoms with E-state index in [1.807, 2.05) is 24.3 Å². The summed E-state index contributed by atoms with van der Waals surface area (Å²) in [5.41, 5.74) is 13.8. The van der Waals surface area contributed by atoms with E-state index in [9.17, 15) is 0 Å². The molecule has 0 atom stereocenters. The monoisotopic (exact) mass is 437 g/mol. The maximum atomic E-state index is 6.38. The minimum atomic E-state index is 0.335. The minimum Gasteiger partial charge on any atom is -0.382 e. The predicted molar refractivity (Wildman–Crippen MR) is 111 cm³/mol. The topological polar surface area (TPSA) is 89.8 Å². The van der Waals surface area contributed by atoms with Crippen molar-refractivity contribution in [2.75, 3.05) is 17.6 Å². The Kier molecular flexibility index (Phi) is 6.73. The van der Waals surface area contributed by atoms with Crippen LogP contribution in [0.2, 0.25) is 5.02 Å². The van der Waals surface area contributed by atoms with Crippen LogP contribution in [0.5, 0.6) is 0 Å². The lowest BCUT2D eigenvalue weighted by Crippen LogP contribution is -2.23. The Balaban J connectivity index is 1.68. The predicted octanol–water partition coefficient (Wildman–Crippen LogP) is 4.39. The van der Waals surface area contributed by atoms with Crippen LogP contribution in [0.1, 0.15) is 36.9 Å². The van der Waals surface area contributed by atoms with Gasteiger partial charge in [-0.05, 0) is 62.1 Å². The molecule has 0 saturated heterocycles. The van der Waals surface area contributed by atoms with Crippen molar-refractivity contribution in [1.82, 2.24) is 9.97 Å². The van der Waals surface area contributed by atoms with E-state index in [1.54, 1.807) is 0 Å². The summed E-state index contributed by atoms with van der Waals surface area (Å²) in [6, 6.07) is 8.05. The Morgan fingerprint density at radius 3 is 2.50 bits per heavy atom. The zero-order chi connectivity index (χ0) is 18.5. The molecule has 0 aliphatic heterocycles. The number of nitrogen functional groups attached to an aromatic ring is 1. The fourth-order valence-corrected chi connectivity index (χ4v) is 4.07. The summed E-state index contributed by atoms with van der Waals surface area (Å²) < 4.78 is 1.05. The third kappa shape index (κ3) is 4.87. The molecule has 0 bridgehead atoms. The van der Waals surface area contributed by atoms with Crippen molar-refractivity contribution >= 4 is 39.3 Å². The molecule has 26 heavy (non-hydrogen) atoms. The van der Waals surface area contributed by atoms with Gasteiger partial charge in [0.15, 0.2) is 0 Å². The highest BCUT2D eigenvalue weighted by Crippen LogP contribution is 2.33. The molecule has 1 aromatic carbocycles. The van der Waals surface area contributed by atoms with E-state index < -0.39 is 0 Å². The van der Waals surface area contributed by atoms with E-state index in [4.69, 9.17) is 23.1 Å². The molecule has 0 amide bonds. The van der Waals surface area contributed by atoms with Gasteiger partial charge in [0.1, 0.15) is 10.8 Å². The minimum absolute atomic E-state index is 0.335. The average Bonchev–Trinajstić information content (AvgIpc) is 2.65. The molecule has 1 aliphatic rings. The van der Waals surface area contributed by atoms with Gasteiger partial charge in [-0.2, -0.15) is 4.98 Å². The molecular weight excluding hydrogens is 414 g/mol. The van der Waals surface area contributed by atoms with Crippen LogP contribution in [-0.2, 0) is 13.0 Å². The van der Waals surface area contributed by atoms with Crippen LogP contribution in [-0.4, -0.2) is 16.5 Å². The third-order valence-electron chi connectivity index (χ3n) is 5.12. The van der Waals surface area contributed by atoms with Crippen LogP contribution in [0.4, 0.5) is 11.8 Å². The van der Waals surface area contributed by atoms with Crippen molar-refractivity contribution in [3.8, 4) is 0 Å². The highest BCUT2D eigenvalue weighted by Gasteiger charge is 2.22. The maximum Gasteiger partial charge on any atom is 0.225 e. The third-order valence-corrected chi connectivity index (χ3v) is 6.31. The summed E-state index contributed by atoms with van der Waals surface area (Å²) >= 11 is 9.93. The molecular formula is C19H25BrClN5. The molecule has 5 N–H and O–H groups in total. The molecule has 0 spiro atoms. The molecule has 1 aromatic heterocycles. The first-order valence-electron chi connectivity index (χ1n) is 9.06. The number of halogens is 2. The van der Waals surface area contributed by atoms with Crippen molar-refractivity contribution < 1.29 is 0 Å². The zero-order valence-corrected chi connectivity index (χ0v) is 17.1.